The van der Waals surface area contributed by atoms with Crippen molar-refractivity contribution in [3.8, 4) is 28.4 Å². The van der Waals surface area contributed by atoms with Gasteiger partial charge in [0, 0.05) is 35.6 Å². The first-order valence-corrected chi connectivity index (χ1v) is 25.3. The van der Waals surface area contributed by atoms with Gasteiger partial charge in [-0.3, -0.25) is 14.2 Å². The normalized spacial score (nSPS) is 12.7. The Bertz CT molecular complexity index is 3290. The first kappa shape index (κ1) is 52.0. The van der Waals surface area contributed by atoms with Crippen molar-refractivity contribution in [2.75, 3.05) is 27.4 Å². The second-order valence-corrected chi connectivity index (χ2v) is 20.0. The largest absolute Gasteiger partial charge is 0.497 e. The maximum absolute atomic E-state index is 15.2. The van der Waals surface area contributed by atoms with Crippen LogP contribution in [-0.2, 0) is 25.5 Å². The number of carbonyl (C=O) groups excluding carboxylic acids is 4. The maximum Gasteiger partial charge on any atom is 0.419 e. The van der Waals surface area contributed by atoms with Gasteiger partial charge in [-0.15, -0.1) is 0 Å². The number of carbonyl (C=O) groups is 4. The molecule has 1 unspecified atom stereocenters. The number of nitrogens with one attached hydrogen (secondary N) is 3. The molecule has 13 nitrogen and oxygen atoms in total. The number of alkyl carbamates (subject to hydrolysis) is 1. The Morgan fingerprint density at radius 3 is 1.79 bits per heavy atom. The topological polar surface area (TPSA) is 155 Å². The summed E-state index contributed by atoms with van der Waals surface area (Å²) in [5.41, 5.74) is 9.98. The molecule has 1 aliphatic carbocycles. The SMILES string of the molecule is COc1ccc(C(NC(=O)[C@@H](Cc2cn(C(=O)OC(C)(C)C)c3ccccc23)NC(=O)OCC2c3ccccc3-c3ccccc32)c2ccc(OCC(=O)NC(c3ccc(C)cc3)c3ccc(C)cc3)cc2)c(OC)c1. The third kappa shape index (κ3) is 11.9. The number of fused-ring (bicyclic) bond motifs is 4. The Balaban J connectivity index is 0.992. The summed E-state index contributed by atoms with van der Waals surface area (Å²) in [4.78, 5) is 56.5. The van der Waals surface area contributed by atoms with Gasteiger partial charge in [-0.1, -0.05) is 139 Å². The summed E-state index contributed by atoms with van der Waals surface area (Å²) >= 11 is 0. The molecule has 3 N–H and O–H groups in total. The van der Waals surface area contributed by atoms with E-state index in [0.29, 0.717) is 44.8 Å². The van der Waals surface area contributed by atoms with Gasteiger partial charge in [0.15, 0.2) is 6.61 Å². The van der Waals surface area contributed by atoms with E-state index in [1.807, 2.05) is 117 Å². The summed E-state index contributed by atoms with van der Waals surface area (Å²) in [6, 6.07) is 49.4. The molecule has 2 atom stereocenters. The van der Waals surface area contributed by atoms with Crippen LogP contribution in [0.4, 0.5) is 9.59 Å². The number of amides is 3. The van der Waals surface area contributed by atoms with E-state index in [0.717, 1.165) is 44.5 Å². The lowest BCUT2D eigenvalue weighted by molar-refractivity contribution is -0.124. The number of methoxy groups -OCH3 is 2. The number of nitrogens with zero attached hydrogens (tertiary/aromatic N) is 1. The number of ether oxygens (including phenoxy) is 5. The fourth-order valence-corrected chi connectivity index (χ4v) is 9.71. The van der Waals surface area contributed by atoms with E-state index in [4.69, 9.17) is 23.7 Å². The Kier molecular flexibility index (Phi) is 15.6. The van der Waals surface area contributed by atoms with E-state index >= 15 is 4.79 Å². The maximum atomic E-state index is 15.2. The molecule has 388 valence electrons. The molecular formula is C63H62N4O9. The van der Waals surface area contributed by atoms with Crippen LogP contribution in [0.15, 0.2) is 170 Å². The second-order valence-electron chi connectivity index (χ2n) is 20.0. The fraction of sp³-hybridized carbons (Fsp3) is 0.238. The molecule has 0 spiro atoms. The quantitative estimate of drug-likeness (QED) is 0.0808. The van der Waals surface area contributed by atoms with Crippen LogP contribution < -0.4 is 30.2 Å². The Labute approximate surface area is 443 Å². The molecule has 76 heavy (non-hydrogen) atoms. The Morgan fingerprint density at radius 2 is 1.18 bits per heavy atom. The van der Waals surface area contributed by atoms with Gasteiger partial charge in [-0.2, -0.15) is 0 Å². The summed E-state index contributed by atoms with van der Waals surface area (Å²) in [6.45, 7) is 9.18. The van der Waals surface area contributed by atoms with Crippen molar-refractivity contribution >= 4 is 34.9 Å². The number of aryl methyl sites for hydroxylation is 2. The predicted molar refractivity (Wildman–Crippen MR) is 293 cm³/mol. The number of rotatable bonds is 17. The van der Waals surface area contributed by atoms with Gasteiger partial charge in [0.2, 0.25) is 5.91 Å². The second kappa shape index (κ2) is 22.7. The Hall–Kier alpha value is -8.84. The molecule has 9 rings (SSSR count). The van der Waals surface area contributed by atoms with Crippen LogP contribution in [0, 0.1) is 13.8 Å². The van der Waals surface area contributed by atoms with Gasteiger partial charge in [0.05, 0.1) is 31.8 Å². The van der Waals surface area contributed by atoms with Crippen LogP contribution in [0.1, 0.15) is 88.8 Å². The van der Waals surface area contributed by atoms with Crippen molar-refractivity contribution in [3.05, 3.63) is 220 Å². The molecule has 0 saturated heterocycles. The summed E-state index contributed by atoms with van der Waals surface area (Å²) < 4.78 is 30.7. The molecule has 0 bridgehead atoms. The summed E-state index contributed by atoms with van der Waals surface area (Å²) in [5, 5.41) is 9.96. The minimum absolute atomic E-state index is 0.0218. The minimum atomic E-state index is -1.23. The smallest absolute Gasteiger partial charge is 0.419 e. The molecule has 0 saturated carbocycles. The molecule has 0 radical (unpaired) electrons. The Morgan fingerprint density at radius 1 is 0.618 bits per heavy atom. The van der Waals surface area contributed by atoms with E-state index < -0.39 is 41.8 Å². The van der Waals surface area contributed by atoms with Gasteiger partial charge in [0.1, 0.15) is 35.5 Å². The first-order valence-electron chi connectivity index (χ1n) is 25.3. The zero-order valence-corrected chi connectivity index (χ0v) is 43.7. The average Bonchev–Trinajstić information content (AvgIpc) is 3.99. The molecule has 13 heteroatoms. The fourth-order valence-electron chi connectivity index (χ4n) is 9.71. The van der Waals surface area contributed by atoms with Crippen LogP contribution >= 0.6 is 0 Å². The highest BCUT2D eigenvalue weighted by atomic mass is 16.6. The molecule has 0 fully saturated rings. The molecular weight excluding hydrogens is 957 g/mol. The van der Waals surface area contributed by atoms with Crippen molar-refractivity contribution in [1.29, 1.82) is 0 Å². The van der Waals surface area contributed by atoms with Crippen molar-refractivity contribution in [2.24, 2.45) is 0 Å². The monoisotopic (exact) mass is 1020 g/mol. The van der Waals surface area contributed by atoms with Crippen molar-refractivity contribution in [3.63, 3.8) is 0 Å². The van der Waals surface area contributed by atoms with Crippen molar-refractivity contribution in [1.82, 2.24) is 20.5 Å². The van der Waals surface area contributed by atoms with Crippen LogP contribution in [0.25, 0.3) is 22.0 Å². The molecule has 1 aliphatic rings. The van der Waals surface area contributed by atoms with Crippen LogP contribution in [0.3, 0.4) is 0 Å². The molecule has 7 aromatic carbocycles. The summed E-state index contributed by atoms with van der Waals surface area (Å²) in [5.74, 6) is 0.297. The van der Waals surface area contributed by atoms with E-state index in [9.17, 15) is 14.4 Å². The number of hydrogen-bond donors (Lipinski definition) is 3. The van der Waals surface area contributed by atoms with E-state index in [2.05, 4.69) is 28.1 Å². The van der Waals surface area contributed by atoms with E-state index in [-0.39, 0.29) is 31.5 Å². The van der Waals surface area contributed by atoms with Crippen LogP contribution in [0.2, 0.25) is 0 Å². The van der Waals surface area contributed by atoms with Gasteiger partial charge in [-0.25, -0.2) is 9.59 Å². The van der Waals surface area contributed by atoms with Crippen LogP contribution in [-0.4, -0.2) is 67.6 Å². The molecule has 3 amide bonds. The zero-order valence-electron chi connectivity index (χ0n) is 43.7. The average molecular weight is 1020 g/mol. The van der Waals surface area contributed by atoms with E-state index in [1.165, 1.54) is 11.7 Å². The molecule has 8 aromatic rings. The lowest BCUT2D eigenvalue weighted by Gasteiger charge is -2.26. The standard InChI is InChI=1S/C63H62N4O9/c1-39-20-24-41(25-21-39)58(42-26-22-40(2)23-27-42)65-57(68)38-74-45-30-28-43(29-31-45)59(52-33-32-46(72-6)35-56(52)73-7)66-60(69)54(34-44-36-67(62(71)76-63(3,4)5)55-19-13-12-14-47(44)55)64-61(70)75-37-53-50-17-10-8-15-48(50)49-16-9-11-18-51(49)53/h8-33,35-36,53-54,58-59H,34,37-38H2,1-7H3,(H,64,70)(H,65,68)(H,66,69)/t54-,59?/m1/s1. The predicted octanol–water partition coefficient (Wildman–Crippen LogP) is 11.7. The van der Waals surface area contributed by atoms with Gasteiger partial charge < -0.3 is 39.6 Å². The molecule has 0 aliphatic heterocycles. The van der Waals surface area contributed by atoms with Gasteiger partial charge in [0.25, 0.3) is 5.91 Å². The number of hydrogen-bond acceptors (Lipinski definition) is 9. The van der Waals surface area contributed by atoms with Crippen molar-refractivity contribution < 1.29 is 42.9 Å². The first-order chi connectivity index (χ1) is 36.7. The lowest BCUT2D eigenvalue weighted by atomic mass is 9.96. The van der Waals surface area contributed by atoms with Gasteiger partial charge >= 0.3 is 12.2 Å². The lowest BCUT2D eigenvalue weighted by Crippen LogP contribution is -2.49. The number of aromatic nitrogens is 1. The highest BCUT2D eigenvalue weighted by molar-refractivity contribution is 5.93. The minimum Gasteiger partial charge on any atom is -0.497 e. The van der Waals surface area contributed by atoms with Crippen molar-refractivity contribution in [2.45, 2.75) is 70.7 Å². The van der Waals surface area contributed by atoms with Gasteiger partial charge in [-0.05, 0) is 109 Å². The van der Waals surface area contributed by atoms with E-state index in [1.54, 1.807) is 82.6 Å². The highest BCUT2D eigenvalue weighted by Gasteiger charge is 2.33. The number of benzene rings is 7. The molecule has 1 heterocycles. The third-order valence-electron chi connectivity index (χ3n) is 13.5. The highest BCUT2D eigenvalue weighted by Crippen LogP contribution is 2.44. The zero-order chi connectivity index (χ0) is 53.5. The summed E-state index contributed by atoms with van der Waals surface area (Å²) in [7, 11) is 3.08. The summed E-state index contributed by atoms with van der Waals surface area (Å²) in [6.07, 6.45) is 0.217. The molecule has 1 aromatic heterocycles. The third-order valence-corrected chi connectivity index (χ3v) is 13.5. The van der Waals surface area contributed by atoms with Crippen LogP contribution in [0.5, 0.6) is 17.2 Å². The number of para-hydroxylation sites is 1.